The predicted molar refractivity (Wildman–Crippen MR) is 84.6 cm³/mol. The predicted octanol–water partition coefficient (Wildman–Crippen LogP) is 2.21. The number of hydrogen-bond donors (Lipinski definition) is 1. The van der Waals surface area contributed by atoms with Gasteiger partial charge in [-0.2, -0.15) is 5.10 Å². The Morgan fingerprint density at radius 3 is 2.91 bits per heavy atom. The largest absolute Gasteiger partial charge is 0.480 e. The second kappa shape index (κ2) is 5.57. The summed E-state index contributed by atoms with van der Waals surface area (Å²) in [6, 6.07) is 13.1. The first-order chi connectivity index (χ1) is 11.3. The number of hydrogen-bond acceptors (Lipinski definition) is 4. The minimum Gasteiger partial charge on any atom is -0.480 e. The van der Waals surface area contributed by atoms with E-state index in [-0.39, 0.29) is 5.91 Å². The van der Waals surface area contributed by atoms with Crippen LogP contribution in [0.3, 0.4) is 0 Å². The van der Waals surface area contributed by atoms with Crippen molar-refractivity contribution in [2.75, 3.05) is 5.32 Å². The molecule has 0 unspecified atom stereocenters. The van der Waals surface area contributed by atoms with E-state index in [1.54, 1.807) is 41.5 Å². The lowest BCUT2D eigenvalue weighted by molar-refractivity contribution is -0.122. The van der Waals surface area contributed by atoms with E-state index in [0.717, 1.165) is 11.3 Å². The molecule has 2 aromatic heterocycles. The number of pyridine rings is 1. The number of nitrogens with one attached hydrogen (secondary N) is 1. The van der Waals surface area contributed by atoms with Crippen molar-refractivity contribution in [2.45, 2.75) is 12.5 Å². The fourth-order valence-electron chi connectivity index (χ4n) is 2.61. The van der Waals surface area contributed by atoms with Crippen LogP contribution < -0.4 is 10.1 Å². The van der Waals surface area contributed by atoms with Gasteiger partial charge in [0.2, 0.25) is 0 Å². The first kappa shape index (κ1) is 13.5. The van der Waals surface area contributed by atoms with Crippen LogP contribution in [0.5, 0.6) is 5.75 Å². The lowest BCUT2D eigenvalue weighted by Gasteiger charge is -2.13. The van der Waals surface area contributed by atoms with Gasteiger partial charge < -0.3 is 10.1 Å². The molecule has 6 nitrogen and oxygen atoms in total. The van der Waals surface area contributed by atoms with Crippen molar-refractivity contribution in [3.05, 3.63) is 66.6 Å². The molecule has 0 radical (unpaired) electrons. The summed E-state index contributed by atoms with van der Waals surface area (Å²) >= 11 is 0. The van der Waals surface area contributed by atoms with Crippen molar-refractivity contribution in [1.82, 2.24) is 14.8 Å². The number of nitrogens with zero attached hydrogens (tertiary/aromatic N) is 3. The smallest absolute Gasteiger partial charge is 0.265 e. The normalized spacial score (nSPS) is 15.7. The van der Waals surface area contributed by atoms with Gasteiger partial charge in [0.1, 0.15) is 5.75 Å². The third-order valence-electron chi connectivity index (χ3n) is 3.71. The Balaban J connectivity index is 1.55. The Kier molecular flexibility index (Phi) is 3.27. The zero-order valence-corrected chi connectivity index (χ0v) is 12.2. The topological polar surface area (TPSA) is 69.0 Å². The summed E-state index contributed by atoms with van der Waals surface area (Å²) < 4.78 is 7.33. The van der Waals surface area contributed by atoms with E-state index in [2.05, 4.69) is 15.4 Å². The number of para-hydroxylation sites is 1. The van der Waals surface area contributed by atoms with Gasteiger partial charge in [0.25, 0.3) is 5.91 Å². The molecule has 0 saturated heterocycles. The Labute approximate surface area is 132 Å². The SMILES string of the molecule is O=C(Nc1cccnc1-n1cccn1)[C@@H]1Cc2ccccc2O1. The van der Waals surface area contributed by atoms with Gasteiger partial charge in [0.15, 0.2) is 11.9 Å². The number of carbonyl (C=O) groups is 1. The van der Waals surface area contributed by atoms with Crippen LogP contribution in [0.25, 0.3) is 5.82 Å². The maximum Gasteiger partial charge on any atom is 0.265 e. The van der Waals surface area contributed by atoms with E-state index >= 15 is 0 Å². The van der Waals surface area contributed by atoms with Gasteiger partial charge in [-0.15, -0.1) is 0 Å². The van der Waals surface area contributed by atoms with Gasteiger partial charge in [0.05, 0.1) is 5.69 Å². The molecule has 6 heteroatoms. The Morgan fingerprint density at radius 1 is 1.17 bits per heavy atom. The number of aromatic nitrogens is 3. The van der Waals surface area contributed by atoms with Crippen molar-refractivity contribution in [1.29, 1.82) is 0 Å². The molecule has 114 valence electrons. The molecule has 1 atom stereocenters. The summed E-state index contributed by atoms with van der Waals surface area (Å²) in [7, 11) is 0. The average molecular weight is 306 g/mol. The molecule has 0 saturated carbocycles. The summed E-state index contributed by atoms with van der Waals surface area (Å²) in [6.45, 7) is 0. The molecule has 1 aromatic carbocycles. The third-order valence-corrected chi connectivity index (χ3v) is 3.71. The Bertz CT molecular complexity index is 820. The van der Waals surface area contributed by atoms with Crippen molar-refractivity contribution < 1.29 is 9.53 Å². The number of fused-ring (bicyclic) bond motifs is 1. The van der Waals surface area contributed by atoms with Crippen LogP contribution >= 0.6 is 0 Å². The van der Waals surface area contributed by atoms with Crippen LogP contribution in [0, 0.1) is 0 Å². The molecule has 1 aliphatic rings. The lowest BCUT2D eigenvalue weighted by atomic mass is 10.1. The minimum absolute atomic E-state index is 0.192. The zero-order chi connectivity index (χ0) is 15.6. The Hall–Kier alpha value is -3.15. The van der Waals surface area contributed by atoms with Crippen molar-refractivity contribution in [2.24, 2.45) is 0 Å². The van der Waals surface area contributed by atoms with Gasteiger partial charge in [-0.05, 0) is 29.8 Å². The van der Waals surface area contributed by atoms with Crippen molar-refractivity contribution >= 4 is 11.6 Å². The molecule has 0 spiro atoms. The van der Waals surface area contributed by atoms with Crippen molar-refractivity contribution in [3.63, 3.8) is 0 Å². The van der Waals surface area contributed by atoms with Crippen molar-refractivity contribution in [3.8, 4) is 11.6 Å². The highest BCUT2D eigenvalue weighted by molar-refractivity contribution is 5.96. The molecule has 3 aromatic rings. The van der Waals surface area contributed by atoms with Crippen LogP contribution in [0.1, 0.15) is 5.56 Å². The van der Waals surface area contributed by atoms with Crippen LogP contribution in [0.15, 0.2) is 61.1 Å². The number of amides is 1. The quantitative estimate of drug-likeness (QED) is 0.805. The molecule has 0 fully saturated rings. The summed E-state index contributed by atoms with van der Waals surface area (Å²) in [5, 5.41) is 7.04. The number of rotatable bonds is 3. The molecule has 1 aliphatic heterocycles. The second-order valence-corrected chi connectivity index (χ2v) is 5.23. The molecule has 0 aliphatic carbocycles. The number of carbonyl (C=O) groups excluding carboxylic acids is 1. The van der Waals surface area contributed by atoms with E-state index in [4.69, 9.17) is 4.74 Å². The highest BCUT2D eigenvalue weighted by Gasteiger charge is 2.29. The van der Waals surface area contributed by atoms with Gasteiger partial charge in [-0.25, -0.2) is 9.67 Å². The summed E-state index contributed by atoms with van der Waals surface area (Å²) in [5.74, 6) is 1.15. The van der Waals surface area contributed by atoms with E-state index < -0.39 is 6.10 Å². The highest BCUT2D eigenvalue weighted by atomic mass is 16.5. The Morgan fingerprint density at radius 2 is 2.09 bits per heavy atom. The molecular formula is C17H14N4O2. The van der Waals surface area contributed by atoms with Crippen LogP contribution in [0.4, 0.5) is 5.69 Å². The van der Waals surface area contributed by atoms with Gasteiger partial charge in [-0.3, -0.25) is 4.79 Å². The minimum atomic E-state index is -0.530. The maximum absolute atomic E-state index is 12.5. The fraction of sp³-hybridized carbons (Fsp3) is 0.118. The first-order valence-corrected chi connectivity index (χ1v) is 7.32. The highest BCUT2D eigenvalue weighted by Crippen LogP contribution is 2.29. The third kappa shape index (κ3) is 2.55. The van der Waals surface area contributed by atoms with Crippen LogP contribution in [-0.2, 0) is 11.2 Å². The first-order valence-electron chi connectivity index (χ1n) is 7.32. The summed E-state index contributed by atoms with van der Waals surface area (Å²) in [5.41, 5.74) is 1.65. The molecule has 3 heterocycles. The van der Waals surface area contributed by atoms with Crippen LogP contribution in [0.2, 0.25) is 0 Å². The van der Waals surface area contributed by atoms with E-state index in [1.807, 2.05) is 24.3 Å². The number of ether oxygens (including phenoxy) is 1. The fourth-order valence-corrected chi connectivity index (χ4v) is 2.61. The second-order valence-electron chi connectivity index (χ2n) is 5.23. The molecule has 4 rings (SSSR count). The molecule has 1 N–H and O–H groups in total. The standard InChI is InChI=1S/C17H14N4O2/c22-17(15-11-12-5-1-2-7-14(12)23-15)20-13-6-3-8-18-16(13)21-10-4-9-19-21/h1-10,15H,11H2,(H,20,22)/t15-/m0/s1. The monoisotopic (exact) mass is 306 g/mol. The van der Waals surface area contributed by atoms with E-state index in [0.29, 0.717) is 17.9 Å². The zero-order valence-electron chi connectivity index (χ0n) is 12.2. The molecule has 1 amide bonds. The summed E-state index contributed by atoms with van der Waals surface area (Å²) in [6.07, 6.45) is 5.14. The molecular weight excluding hydrogens is 292 g/mol. The van der Waals surface area contributed by atoms with Gasteiger partial charge in [0, 0.05) is 25.0 Å². The lowest BCUT2D eigenvalue weighted by Crippen LogP contribution is -2.31. The van der Waals surface area contributed by atoms with Crippen LogP contribution in [-0.4, -0.2) is 26.8 Å². The number of benzene rings is 1. The number of anilines is 1. The van der Waals surface area contributed by atoms with Gasteiger partial charge in [-0.1, -0.05) is 18.2 Å². The van der Waals surface area contributed by atoms with Gasteiger partial charge >= 0.3 is 0 Å². The molecule has 0 bridgehead atoms. The maximum atomic E-state index is 12.5. The molecule has 23 heavy (non-hydrogen) atoms. The van der Waals surface area contributed by atoms with E-state index in [1.165, 1.54) is 0 Å². The summed E-state index contributed by atoms with van der Waals surface area (Å²) in [4.78, 5) is 16.8. The van der Waals surface area contributed by atoms with E-state index in [9.17, 15) is 4.79 Å². The average Bonchev–Trinajstić information content (AvgIpc) is 3.25.